The van der Waals surface area contributed by atoms with Crippen molar-refractivity contribution in [3.8, 4) is 11.1 Å². The summed E-state index contributed by atoms with van der Waals surface area (Å²) in [6, 6.07) is 17.2. The van der Waals surface area contributed by atoms with Gasteiger partial charge in [0.15, 0.2) is 5.03 Å². The van der Waals surface area contributed by atoms with Crippen molar-refractivity contribution in [2.75, 3.05) is 0 Å². The van der Waals surface area contributed by atoms with Gasteiger partial charge in [-0.2, -0.15) is 8.42 Å². The molecule has 0 spiro atoms. The second-order valence-corrected chi connectivity index (χ2v) is 9.63. The summed E-state index contributed by atoms with van der Waals surface area (Å²) >= 11 is 0. The number of carbonyl (C=O) groups is 1. The summed E-state index contributed by atoms with van der Waals surface area (Å²) in [6.07, 6.45) is 2.36. The number of aromatic nitrogens is 1. The maximum Gasteiger partial charge on any atom is 0.279 e. The molecule has 0 saturated heterocycles. The molecule has 0 bridgehead atoms. The molecule has 1 aromatic heterocycles. The first-order valence-corrected chi connectivity index (χ1v) is 11.1. The number of allylic oxidation sites excluding steroid dienone is 1. The van der Waals surface area contributed by atoms with Gasteiger partial charge < -0.3 is 4.98 Å². The molecule has 2 atom stereocenters. The molecular formula is C23H24N2O3S. The lowest BCUT2D eigenvalue weighted by molar-refractivity contribution is -0.126. The Morgan fingerprint density at radius 2 is 1.90 bits per heavy atom. The highest BCUT2D eigenvalue weighted by Gasteiger charge is 2.60. The zero-order valence-corrected chi connectivity index (χ0v) is 17.3. The van der Waals surface area contributed by atoms with E-state index in [-0.39, 0.29) is 16.9 Å². The summed E-state index contributed by atoms with van der Waals surface area (Å²) in [6.45, 7) is 7.63. The molecule has 6 heteroatoms. The van der Waals surface area contributed by atoms with E-state index in [1.807, 2.05) is 62.4 Å². The van der Waals surface area contributed by atoms with E-state index in [0.29, 0.717) is 11.9 Å². The van der Waals surface area contributed by atoms with Crippen molar-refractivity contribution in [3.63, 3.8) is 0 Å². The van der Waals surface area contributed by atoms with Crippen LogP contribution in [0.3, 0.4) is 0 Å². The van der Waals surface area contributed by atoms with Crippen LogP contribution in [0.5, 0.6) is 0 Å². The molecule has 3 aromatic rings. The van der Waals surface area contributed by atoms with Crippen molar-refractivity contribution in [1.29, 1.82) is 0 Å². The number of sulfonamides is 1. The molecule has 1 saturated carbocycles. The van der Waals surface area contributed by atoms with Gasteiger partial charge in [-0.15, -0.1) is 6.58 Å². The van der Waals surface area contributed by atoms with Gasteiger partial charge in [0.1, 0.15) is 0 Å². The molecule has 1 fully saturated rings. The van der Waals surface area contributed by atoms with Gasteiger partial charge in [0.25, 0.3) is 10.0 Å². The molecule has 4 rings (SSSR count). The van der Waals surface area contributed by atoms with Crippen LogP contribution in [0.25, 0.3) is 22.0 Å². The lowest BCUT2D eigenvalue weighted by Gasteiger charge is -2.20. The van der Waals surface area contributed by atoms with Gasteiger partial charge >= 0.3 is 0 Å². The molecule has 150 valence electrons. The van der Waals surface area contributed by atoms with Crippen LogP contribution in [0.4, 0.5) is 0 Å². The summed E-state index contributed by atoms with van der Waals surface area (Å²) < 4.78 is 28.0. The van der Waals surface area contributed by atoms with Crippen molar-refractivity contribution in [3.05, 3.63) is 67.3 Å². The van der Waals surface area contributed by atoms with Crippen molar-refractivity contribution in [2.24, 2.45) is 17.3 Å². The smallest absolute Gasteiger partial charge is 0.279 e. The maximum absolute atomic E-state index is 12.9. The van der Waals surface area contributed by atoms with Gasteiger partial charge in [-0.05, 0) is 41.5 Å². The molecule has 2 N–H and O–H groups in total. The first-order valence-electron chi connectivity index (χ1n) is 9.66. The van der Waals surface area contributed by atoms with Crippen molar-refractivity contribution < 1.29 is 13.2 Å². The second kappa shape index (κ2) is 6.88. The Morgan fingerprint density at radius 3 is 2.52 bits per heavy atom. The first-order chi connectivity index (χ1) is 13.8. The average molecular weight is 409 g/mol. The van der Waals surface area contributed by atoms with Gasteiger partial charge in [-0.3, -0.25) is 4.79 Å². The Balaban J connectivity index is 1.63. The van der Waals surface area contributed by atoms with Gasteiger partial charge in [0.2, 0.25) is 5.91 Å². The number of rotatable bonds is 6. The highest BCUT2D eigenvalue weighted by Crippen LogP contribution is 2.58. The van der Waals surface area contributed by atoms with Gasteiger partial charge in [-0.25, -0.2) is 4.72 Å². The second-order valence-electron chi connectivity index (χ2n) is 7.98. The average Bonchev–Trinajstić information content (AvgIpc) is 3.31. The molecular weight excluding hydrogens is 384 g/mol. The number of benzene rings is 2. The highest BCUT2D eigenvalue weighted by atomic mass is 32.2. The van der Waals surface area contributed by atoms with E-state index in [1.165, 1.54) is 0 Å². The van der Waals surface area contributed by atoms with Crippen molar-refractivity contribution in [2.45, 2.75) is 25.3 Å². The Hall–Kier alpha value is -2.86. The number of hydrogen-bond acceptors (Lipinski definition) is 3. The van der Waals surface area contributed by atoms with Gasteiger partial charge in [0.05, 0.1) is 5.41 Å². The molecule has 1 aliphatic carbocycles. The monoisotopic (exact) mass is 408 g/mol. The third-order valence-corrected chi connectivity index (χ3v) is 7.27. The van der Waals surface area contributed by atoms with Crippen LogP contribution < -0.4 is 4.72 Å². The molecule has 2 aromatic carbocycles. The SMILES string of the molecule is C=C[C@@H]1C[C@@]1(C(=O)NS(=O)(=O)c1cc2ccc(-c3ccccc3)cc2[nH]1)C(C)C. The zero-order valence-electron chi connectivity index (χ0n) is 16.5. The standard InChI is InChI=1S/C23H24N2O3S/c1-4-19-14-23(19,15(2)3)22(26)25-29(27,28)21-13-18-11-10-17(12-20(18)24-21)16-8-6-5-7-9-16/h4-13,15,19,24H,1,14H2,2-3H3,(H,25,26)/t19-,23-/m1/s1. The number of hydrogen-bond donors (Lipinski definition) is 2. The molecule has 1 heterocycles. The van der Waals surface area contributed by atoms with Crippen LogP contribution >= 0.6 is 0 Å². The third kappa shape index (κ3) is 3.27. The summed E-state index contributed by atoms with van der Waals surface area (Å²) in [5.74, 6) is -0.424. The van der Waals surface area contributed by atoms with Gasteiger partial charge in [-0.1, -0.05) is 62.4 Å². The summed E-state index contributed by atoms with van der Waals surface area (Å²) in [5.41, 5.74) is 2.04. The van der Waals surface area contributed by atoms with E-state index < -0.39 is 21.3 Å². The van der Waals surface area contributed by atoms with E-state index in [4.69, 9.17) is 0 Å². The van der Waals surface area contributed by atoms with E-state index >= 15 is 0 Å². The minimum atomic E-state index is -4.00. The predicted octanol–water partition coefficient (Wildman–Crippen LogP) is 4.49. The molecule has 5 nitrogen and oxygen atoms in total. The first kappa shape index (κ1) is 19.5. The largest absolute Gasteiger partial charge is 0.344 e. The quantitative estimate of drug-likeness (QED) is 0.590. The lowest BCUT2D eigenvalue weighted by Crippen LogP contribution is -2.40. The molecule has 0 aliphatic heterocycles. The predicted molar refractivity (Wildman–Crippen MR) is 115 cm³/mol. The van der Waals surface area contributed by atoms with Crippen LogP contribution in [0, 0.1) is 17.3 Å². The Kier molecular flexibility index (Phi) is 4.62. The van der Waals surface area contributed by atoms with E-state index in [0.717, 1.165) is 16.5 Å². The van der Waals surface area contributed by atoms with E-state index in [9.17, 15) is 13.2 Å². The highest BCUT2D eigenvalue weighted by molar-refractivity contribution is 7.90. The van der Waals surface area contributed by atoms with E-state index in [2.05, 4.69) is 16.3 Å². The van der Waals surface area contributed by atoms with Crippen LogP contribution in [-0.4, -0.2) is 19.3 Å². The fourth-order valence-electron chi connectivity index (χ4n) is 4.11. The number of H-pyrrole nitrogens is 1. The molecule has 29 heavy (non-hydrogen) atoms. The van der Waals surface area contributed by atoms with Crippen LogP contribution in [-0.2, 0) is 14.8 Å². The molecule has 0 unspecified atom stereocenters. The minimum Gasteiger partial charge on any atom is -0.344 e. The summed E-state index contributed by atoms with van der Waals surface area (Å²) in [4.78, 5) is 15.8. The maximum atomic E-state index is 12.9. The minimum absolute atomic E-state index is 0.00819. The summed E-state index contributed by atoms with van der Waals surface area (Å²) in [5, 5.41) is 0.757. The van der Waals surface area contributed by atoms with Crippen molar-refractivity contribution >= 4 is 26.8 Å². The molecule has 1 aliphatic rings. The van der Waals surface area contributed by atoms with Crippen LogP contribution in [0.1, 0.15) is 20.3 Å². The third-order valence-electron chi connectivity index (χ3n) is 6.02. The topological polar surface area (TPSA) is 79.0 Å². The number of fused-ring (bicyclic) bond motifs is 1. The Bertz CT molecular complexity index is 1200. The van der Waals surface area contributed by atoms with E-state index in [1.54, 1.807) is 12.1 Å². The number of nitrogens with one attached hydrogen (secondary N) is 2. The number of aromatic amines is 1. The zero-order chi connectivity index (χ0) is 20.8. The summed E-state index contributed by atoms with van der Waals surface area (Å²) in [7, 11) is -4.00. The molecule has 1 amide bonds. The lowest BCUT2D eigenvalue weighted by atomic mass is 9.89. The van der Waals surface area contributed by atoms with Crippen LogP contribution in [0.15, 0.2) is 72.3 Å². The fraction of sp³-hybridized carbons (Fsp3) is 0.261. The van der Waals surface area contributed by atoms with Gasteiger partial charge in [0, 0.05) is 10.9 Å². The fourth-order valence-corrected chi connectivity index (χ4v) is 5.18. The van der Waals surface area contributed by atoms with Crippen LogP contribution in [0.2, 0.25) is 0 Å². The Morgan fingerprint density at radius 1 is 1.17 bits per heavy atom. The molecule has 0 radical (unpaired) electrons. The number of amides is 1. The Labute approximate surface area is 170 Å². The normalized spacial score (nSPS) is 21.3. The van der Waals surface area contributed by atoms with Crippen molar-refractivity contribution in [1.82, 2.24) is 9.71 Å². The number of carbonyl (C=O) groups excluding carboxylic acids is 1.